The first-order valence-corrected chi connectivity index (χ1v) is 26.0. The minimum atomic E-state index is -0.639. The van der Waals surface area contributed by atoms with Crippen LogP contribution in [0.4, 0.5) is 0 Å². The zero-order valence-electron chi connectivity index (χ0n) is 42.1. The topological polar surface area (TPSA) is 61.8 Å². The number of esters is 2. The lowest BCUT2D eigenvalue weighted by Gasteiger charge is -2.18. The van der Waals surface area contributed by atoms with Gasteiger partial charge in [0.1, 0.15) is 6.61 Å². The van der Waals surface area contributed by atoms with Crippen molar-refractivity contribution < 1.29 is 23.8 Å². The van der Waals surface area contributed by atoms with Crippen LogP contribution in [0.15, 0.2) is 158 Å². The van der Waals surface area contributed by atoms with Gasteiger partial charge in [-0.1, -0.05) is 217 Å². The molecule has 0 aliphatic rings. The second-order valence-electron chi connectivity index (χ2n) is 16.3. The lowest BCUT2D eigenvalue weighted by molar-refractivity contribution is -0.162. The van der Waals surface area contributed by atoms with Crippen molar-refractivity contribution in [2.75, 3.05) is 19.8 Å². The summed E-state index contributed by atoms with van der Waals surface area (Å²) in [5.74, 6) is -0.661. The molecule has 0 aliphatic carbocycles. The van der Waals surface area contributed by atoms with Crippen molar-refractivity contribution in [1.29, 1.82) is 0 Å². The Kier molecular flexibility index (Phi) is 51.1. The van der Waals surface area contributed by atoms with Crippen molar-refractivity contribution in [2.24, 2.45) is 0 Å². The molecule has 368 valence electrons. The van der Waals surface area contributed by atoms with Crippen LogP contribution in [0.1, 0.15) is 188 Å². The quantitative estimate of drug-likeness (QED) is 0.0346. The molecule has 0 N–H and O–H groups in total. The Morgan fingerprint density at radius 2 is 0.727 bits per heavy atom. The molecule has 0 radical (unpaired) electrons. The van der Waals surface area contributed by atoms with E-state index in [-0.39, 0.29) is 38.0 Å². The van der Waals surface area contributed by atoms with Gasteiger partial charge in [-0.2, -0.15) is 0 Å². The van der Waals surface area contributed by atoms with E-state index in [1.54, 1.807) is 0 Å². The molecule has 0 rings (SSSR count). The number of unbranched alkanes of at least 4 members (excludes halogenated alkanes) is 9. The molecule has 0 saturated carbocycles. The highest BCUT2D eigenvalue weighted by Crippen LogP contribution is 2.10. The minimum absolute atomic E-state index is 0.0102. The maximum atomic E-state index is 12.7. The van der Waals surface area contributed by atoms with Crippen LogP contribution in [0.3, 0.4) is 0 Å². The largest absolute Gasteiger partial charge is 0.462 e. The third-order valence-electron chi connectivity index (χ3n) is 10.1. The molecule has 0 saturated heterocycles. The van der Waals surface area contributed by atoms with E-state index in [9.17, 15) is 9.59 Å². The van der Waals surface area contributed by atoms with E-state index in [4.69, 9.17) is 14.2 Å². The van der Waals surface area contributed by atoms with Gasteiger partial charge < -0.3 is 14.2 Å². The molecule has 5 heteroatoms. The van der Waals surface area contributed by atoms with E-state index in [1.807, 2.05) is 18.2 Å². The van der Waals surface area contributed by atoms with Crippen molar-refractivity contribution in [3.8, 4) is 0 Å². The minimum Gasteiger partial charge on any atom is -0.462 e. The zero-order valence-corrected chi connectivity index (χ0v) is 42.1. The first kappa shape index (κ1) is 61.5. The molecule has 0 aliphatic heterocycles. The van der Waals surface area contributed by atoms with Crippen LogP contribution in [0.2, 0.25) is 0 Å². The second-order valence-corrected chi connectivity index (χ2v) is 16.3. The van der Waals surface area contributed by atoms with Gasteiger partial charge in [-0.05, 0) is 116 Å². The summed E-state index contributed by atoms with van der Waals surface area (Å²) in [6.45, 7) is 7.33. The maximum absolute atomic E-state index is 12.7. The summed E-state index contributed by atoms with van der Waals surface area (Å²) in [7, 11) is 0. The number of ether oxygens (including phenoxy) is 3. The van der Waals surface area contributed by atoms with Gasteiger partial charge in [0.15, 0.2) is 6.10 Å². The van der Waals surface area contributed by atoms with Crippen LogP contribution in [-0.2, 0) is 23.8 Å². The summed E-state index contributed by atoms with van der Waals surface area (Å²) in [6.07, 6.45) is 81.5. The predicted octanol–water partition coefficient (Wildman–Crippen LogP) is 17.9. The lowest BCUT2D eigenvalue weighted by atomic mass is 10.1. The highest BCUT2D eigenvalue weighted by Gasteiger charge is 2.17. The predicted molar refractivity (Wildman–Crippen MR) is 288 cm³/mol. The fraction of sp³-hybridized carbons (Fsp3) is 0.541. The monoisotopic (exact) mass is 907 g/mol. The van der Waals surface area contributed by atoms with Crippen molar-refractivity contribution in [3.05, 3.63) is 158 Å². The van der Waals surface area contributed by atoms with Crippen molar-refractivity contribution in [2.45, 2.75) is 194 Å². The fourth-order valence-electron chi connectivity index (χ4n) is 6.29. The Balaban J connectivity index is 4.56. The van der Waals surface area contributed by atoms with Gasteiger partial charge in [0, 0.05) is 13.0 Å². The van der Waals surface area contributed by atoms with Crippen LogP contribution >= 0.6 is 0 Å². The summed E-state index contributed by atoms with van der Waals surface area (Å²) in [5.41, 5.74) is 0. The van der Waals surface area contributed by atoms with E-state index < -0.39 is 6.10 Å². The first-order valence-electron chi connectivity index (χ1n) is 26.0. The molecule has 0 fully saturated rings. The SMILES string of the molecule is CC/C=C\C/C=C\C/C=C\C/C=C\C/C=C\C/C=C\CCC(=O)OCC(COCCCCCCCC/C=C\C/C=C\CCCCC)OC(=O)C/C=C\C/C=C\C/C=C\C/C=C\C/C=C\CC. The Morgan fingerprint density at radius 1 is 0.364 bits per heavy atom. The van der Waals surface area contributed by atoms with E-state index >= 15 is 0 Å². The average molecular weight is 907 g/mol. The van der Waals surface area contributed by atoms with Crippen molar-refractivity contribution in [3.63, 3.8) is 0 Å². The molecule has 5 nitrogen and oxygen atoms in total. The van der Waals surface area contributed by atoms with Gasteiger partial charge in [-0.25, -0.2) is 0 Å². The molecule has 0 heterocycles. The highest BCUT2D eigenvalue weighted by atomic mass is 16.6. The Bertz CT molecular complexity index is 1490. The fourth-order valence-corrected chi connectivity index (χ4v) is 6.29. The molecule has 0 aromatic heterocycles. The van der Waals surface area contributed by atoms with Crippen LogP contribution in [0.25, 0.3) is 0 Å². The molecule has 66 heavy (non-hydrogen) atoms. The standard InChI is InChI=1S/C61H94O5/c1-4-7-10-13-16-19-22-25-28-30-31-32-34-36-39-42-45-48-51-54-60(62)65-58-59(57-64-56-53-50-47-44-41-38-35-29-26-23-20-17-14-11-8-5-2)66-61(63)55-52-49-46-43-40-37-33-27-24-21-18-15-12-9-6-3/h7,9-10,12,16-21,25-29,31-33,36,39-40,43,45,48-49,52,59H,4-6,8,11,13-15,22-24,30,34-35,37-38,41-42,44,46-47,50-51,53-58H2,1-3H3/b10-7-,12-9-,19-16-,20-17-,21-18-,28-25-,29-26-,32-31-,33-27-,39-36-,43-40-,48-45-,52-49-. The average Bonchev–Trinajstić information content (AvgIpc) is 3.32. The smallest absolute Gasteiger partial charge is 0.310 e. The van der Waals surface area contributed by atoms with Gasteiger partial charge in [-0.3, -0.25) is 9.59 Å². The van der Waals surface area contributed by atoms with Gasteiger partial charge >= 0.3 is 11.9 Å². The van der Waals surface area contributed by atoms with Gasteiger partial charge in [0.2, 0.25) is 0 Å². The number of carbonyl (C=O) groups is 2. The molecule has 0 amide bonds. The molecule has 0 aromatic rings. The van der Waals surface area contributed by atoms with Crippen molar-refractivity contribution in [1.82, 2.24) is 0 Å². The van der Waals surface area contributed by atoms with E-state index in [0.29, 0.717) is 13.0 Å². The Morgan fingerprint density at radius 3 is 1.17 bits per heavy atom. The molecule has 0 aromatic carbocycles. The van der Waals surface area contributed by atoms with Crippen LogP contribution in [0, 0.1) is 0 Å². The summed E-state index contributed by atoms with van der Waals surface area (Å²) in [6, 6.07) is 0. The highest BCUT2D eigenvalue weighted by molar-refractivity contribution is 5.71. The maximum Gasteiger partial charge on any atom is 0.310 e. The Labute approximate surface area is 405 Å². The number of hydrogen-bond donors (Lipinski definition) is 0. The second kappa shape index (κ2) is 54.9. The summed E-state index contributed by atoms with van der Waals surface area (Å²) < 4.78 is 17.2. The summed E-state index contributed by atoms with van der Waals surface area (Å²) >= 11 is 0. The molecule has 1 unspecified atom stereocenters. The number of rotatable bonds is 45. The van der Waals surface area contributed by atoms with Crippen molar-refractivity contribution >= 4 is 11.9 Å². The van der Waals surface area contributed by atoms with Gasteiger partial charge in [-0.15, -0.1) is 0 Å². The third-order valence-corrected chi connectivity index (χ3v) is 10.1. The molecule has 1 atom stereocenters. The van der Waals surface area contributed by atoms with Gasteiger partial charge in [0.25, 0.3) is 0 Å². The van der Waals surface area contributed by atoms with Crippen LogP contribution in [0.5, 0.6) is 0 Å². The van der Waals surface area contributed by atoms with E-state index in [0.717, 1.165) is 96.3 Å². The number of allylic oxidation sites excluding steroid dienone is 25. The Hall–Kier alpha value is -4.48. The number of hydrogen-bond acceptors (Lipinski definition) is 5. The third kappa shape index (κ3) is 52.1. The first-order chi connectivity index (χ1) is 32.6. The molecule has 0 bridgehead atoms. The number of carbonyl (C=O) groups excluding carboxylic acids is 2. The van der Waals surface area contributed by atoms with E-state index in [2.05, 4.69) is 161 Å². The van der Waals surface area contributed by atoms with Crippen LogP contribution < -0.4 is 0 Å². The molecular weight excluding hydrogens is 813 g/mol. The summed E-state index contributed by atoms with van der Waals surface area (Å²) in [4.78, 5) is 25.3. The summed E-state index contributed by atoms with van der Waals surface area (Å²) in [5, 5.41) is 0. The van der Waals surface area contributed by atoms with Crippen LogP contribution in [-0.4, -0.2) is 37.9 Å². The molecular formula is C61H94O5. The van der Waals surface area contributed by atoms with E-state index in [1.165, 1.54) is 51.4 Å². The normalized spacial score (nSPS) is 13.6. The molecule has 0 spiro atoms. The lowest BCUT2D eigenvalue weighted by Crippen LogP contribution is -2.29. The van der Waals surface area contributed by atoms with Gasteiger partial charge in [0.05, 0.1) is 13.0 Å². The zero-order chi connectivity index (χ0) is 47.7.